The molecule has 5 aliphatic rings. The van der Waals surface area contributed by atoms with Gasteiger partial charge in [0.25, 0.3) is 0 Å². The molecule has 1 spiro atoms. The Balaban J connectivity index is 1.65. The molecular weight excluding hydrogens is 416 g/mol. The van der Waals surface area contributed by atoms with Crippen LogP contribution in [0.3, 0.4) is 0 Å². The van der Waals surface area contributed by atoms with Crippen molar-refractivity contribution in [2.24, 2.45) is 11.8 Å². The predicted octanol–water partition coefficient (Wildman–Crippen LogP) is 5.26. The smallest absolute Gasteiger partial charge is 0.213 e. The van der Waals surface area contributed by atoms with E-state index >= 15 is 0 Å². The summed E-state index contributed by atoms with van der Waals surface area (Å²) in [4.78, 5) is 27.8. The lowest BCUT2D eigenvalue weighted by Crippen LogP contribution is -2.68. The third kappa shape index (κ3) is 2.94. The highest BCUT2D eigenvalue weighted by atomic mass is 16.6. The zero-order chi connectivity index (χ0) is 23.9. The lowest BCUT2D eigenvalue weighted by atomic mass is 9.53. The minimum atomic E-state index is -1.34. The van der Waals surface area contributed by atoms with Gasteiger partial charge in [-0.3, -0.25) is 9.59 Å². The van der Waals surface area contributed by atoms with Gasteiger partial charge in [0, 0.05) is 35.8 Å². The Morgan fingerprint density at radius 2 is 1.82 bits per heavy atom. The molecule has 0 radical (unpaired) electrons. The van der Waals surface area contributed by atoms with Crippen LogP contribution in [0.1, 0.15) is 70.3 Å². The maximum atomic E-state index is 14.2. The number of phenols is 1. The average molecular weight is 449 g/mol. The van der Waals surface area contributed by atoms with E-state index in [1.165, 1.54) is 6.07 Å². The van der Waals surface area contributed by atoms with Crippen molar-refractivity contribution in [1.82, 2.24) is 0 Å². The van der Waals surface area contributed by atoms with Gasteiger partial charge in [-0.1, -0.05) is 29.4 Å². The summed E-state index contributed by atoms with van der Waals surface area (Å²) >= 11 is 0. The Morgan fingerprint density at radius 3 is 2.48 bits per heavy atom. The summed E-state index contributed by atoms with van der Waals surface area (Å²) in [6, 6.07) is 3.21. The second-order valence-corrected chi connectivity index (χ2v) is 11.0. The molecule has 0 amide bonds. The van der Waals surface area contributed by atoms with Crippen LogP contribution in [-0.2, 0) is 16.0 Å². The van der Waals surface area contributed by atoms with Gasteiger partial charge >= 0.3 is 0 Å². The van der Waals surface area contributed by atoms with Gasteiger partial charge in [0.15, 0.2) is 11.4 Å². The Hall–Kier alpha value is -2.66. The number of benzene rings is 1. The molecule has 2 fully saturated rings. The first-order valence-electron chi connectivity index (χ1n) is 11.7. The lowest BCUT2D eigenvalue weighted by molar-refractivity contribution is -0.165. The maximum absolute atomic E-state index is 14.2. The number of rotatable bonds is 4. The summed E-state index contributed by atoms with van der Waals surface area (Å²) in [5, 5.41) is 10.6. The largest absolute Gasteiger partial charge is 0.508 e. The van der Waals surface area contributed by atoms with E-state index in [0.717, 1.165) is 11.1 Å². The summed E-state index contributed by atoms with van der Waals surface area (Å²) in [6.45, 7) is 12.1. The van der Waals surface area contributed by atoms with Crippen molar-refractivity contribution < 1.29 is 24.2 Å². The zero-order valence-electron chi connectivity index (χ0n) is 20.2. The number of allylic oxidation sites excluding steroid dienone is 3. The van der Waals surface area contributed by atoms with Gasteiger partial charge in [0.2, 0.25) is 5.78 Å². The van der Waals surface area contributed by atoms with Gasteiger partial charge in [0.05, 0.1) is 11.2 Å². The van der Waals surface area contributed by atoms with Gasteiger partial charge < -0.3 is 14.6 Å². The Bertz CT molecular complexity index is 1170. The van der Waals surface area contributed by atoms with Crippen molar-refractivity contribution in [2.45, 2.75) is 77.6 Å². The maximum Gasteiger partial charge on any atom is 0.213 e. The molecule has 1 saturated carbocycles. The highest BCUT2D eigenvalue weighted by Gasteiger charge is 2.76. The SMILES string of the molecule is CC(C)=CCc1cc2c(cc1O)C(=O)C1=CC3C4CC1(O2)C(=O)C3(CC=C(C)C)OC4(C)C. The minimum Gasteiger partial charge on any atom is -0.508 e. The number of aromatic hydroxyl groups is 1. The molecule has 4 unspecified atom stereocenters. The van der Waals surface area contributed by atoms with E-state index in [1.807, 2.05) is 53.7 Å². The van der Waals surface area contributed by atoms with Crippen LogP contribution >= 0.6 is 0 Å². The standard InChI is InChI=1S/C28H32O5/c1-15(2)7-8-17-11-23-18(12-22(17)29)24(30)20-13-19-21-14-28(20,32-23)25(31)27(19,10-9-16(3)4)33-26(21,5)6/h7,9,11-13,19,21,29H,8,10,14H2,1-6H3. The van der Waals surface area contributed by atoms with Crippen LogP contribution in [0.25, 0.3) is 0 Å². The number of Topliss-reactive ketones (excluding diaryl/α,β-unsaturated/α-hetero) is 2. The number of carbonyl (C=O) groups is 2. The molecule has 2 heterocycles. The number of ketones is 2. The highest BCUT2D eigenvalue weighted by Crippen LogP contribution is 2.64. The van der Waals surface area contributed by atoms with Gasteiger partial charge in [-0.05, 0) is 60.1 Å². The van der Waals surface area contributed by atoms with Crippen LogP contribution in [0.5, 0.6) is 11.5 Å². The molecule has 1 aromatic carbocycles. The third-order valence-corrected chi connectivity index (χ3v) is 7.85. The molecule has 3 aliphatic carbocycles. The van der Waals surface area contributed by atoms with Crippen LogP contribution < -0.4 is 4.74 Å². The fraction of sp³-hybridized carbons (Fsp3) is 0.500. The van der Waals surface area contributed by atoms with E-state index in [-0.39, 0.29) is 29.2 Å². The normalized spacial score (nSPS) is 32.5. The Labute approximate surface area is 195 Å². The molecule has 4 bridgehead atoms. The fourth-order valence-electron chi connectivity index (χ4n) is 6.19. The van der Waals surface area contributed by atoms with E-state index in [9.17, 15) is 14.7 Å². The zero-order valence-corrected chi connectivity index (χ0v) is 20.2. The molecule has 174 valence electrons. The first-order chi connectivity index (χ1) is 15.4. The van der Waals surface area contributed by atoms with Gasteiger partial charge in [-0.2, -0.15) is 0 Å². The average Bonchev–Trinajstić information content (AvgIpc) is 2.93. The second kappa shape index (κ2) is 6.92. The van der Waals surface area contributed by atoms with E-state index in [4.69, 9.17) is 9.47 Å². The van der Waals surface area contributed by atoms with E-state index in [0.29, 0.717) is 41.7 Å². The van der Waals surface area contributed by atoms with Gasteiger partial charge in [-0.25, -0.2) is 0 Å². The monoisotopic (exact) mass is 448 g/mol. The quantitative estimate of drug-likeness (QED) is 0.636. The number of phenolic OH excluding ortho intramolecular Hbond substituents is 1. The van der Waals surface area contributed by atoms with Gasteiger partial charge in [-0.15, -0.1) is 0 Å². The minimum absolute atomic E-state index is 0.0663. The summed E-state index contributed by atoms with van der Waals surface area (Å²) < 4.78 is 13.1. The van der Waals surface area contributed by atoms with Crippen LogP contribution in [0.2, 0.25) is 0 Å². The van der Waals surface area contributed by atoms with Crippen LogP contribution in [0.4, 0.5) is 0 Å². The highest BCUT2D eigenvalue weighted by molar-refractivity contribution is 6.20. The van der Waals surface area contributed by atoms with Gasteiger partial charge in [0.1, 0.15) is 17.1 Å². The van der Waals surface area contributed by atoms with E-state index < -0.39 is 16.8 Å². The molecule has 5 heteroatoms. The van der Waals surface area contributed by atoms with Crippen molar-refractivity contribution in [2.75, 3.05) is 0 Å². The second-order valence-electron chi connectivity index (χ2n) is 11.0. The Morgan fingerprint density at radius 1 is 1.12 bits per heavy atom. The molecule has 1 aromatic rings. The molecule has 1 N–H and O–H groups in total. The predicted molar refractivity (Wildman–Crippen MR) is 126 cm³/mol. The number of hydrogen-bond acceptors (Lipinski definition) is 5. The number of hydrogen-bond donors (Lipinski definition) is 1. The molecule has 1 saturated heterocycles. The van der Waals surface area contributed by atoms with E-state index in [2.05, 4.69) is 6.08 Å². The summed E-state index contributed by atoms with van der Waals surface area (Å²) in [5.41, 5.74) is 0.786. The number of ether oxygens (including phenoxy) is 2. The van der Waals surface area contributed by atoms with Crippen LogP contribution in [-0.4, -0.2) is 33.5 Å². The third-order valence-electron chi connectivity index (χ3n) is 7.85. The molecule has 4 atom stereocenters. The molecule has 2 aliphatic heterocycles. The molecule has 33 heavy (non-hydrogen) atoms. The molecule has 0 aromatic heterocycles. The van der Waals surface area contributed by atoms with Crippen molar-refractivity contribution in [3.8, 4) is 11.5 Å². The van der Waals surface area contributed by atoms with Crippen LogP contribution in [0, 0.1) is 11.8 Å². The molecular formula is C28H32O5. The van der Waals surface area contributed by atoms with Crippen molar-refractivity contribution >= 4 is 11.6 Å². The van der Waals surface area contributed by atoms with E-state index in [1.54, 1.807) is 6.07 Å². The van der Waals surface area contributed by atoms with Crippen molar-refractivity contribution in [3.05, 3.63) is 58.2 Å². The first-order valence-corrected chi connectivity index (χ1v) is 11.7. The number of carbonyl (C=O) groups excluding carboxylic acids is 2. The number of fused-ring (bicyclic) bond motifs is 1. The van der Waals surface area contributed by atoms with Crippen molar-refractivity contribution in [1.29, 1.82) is 0 Å². The molecule has 5 nitrogen and oxygen atoms in total. The fourth-order valence-corrected chi connectivity index (χ4v) is 6.19. The summed E-state index contributed by atoms with van der Waals surface area (Å²) in [6.07, 6.45) is 7.43. The molecule has 6 rings (SSSR count). The van der Waals surface area contributed by atoms with Crippen LogP contribution in [0.15, 0.2) is 47.1 Å². The summed E-state index contributed by atoms with van der Waals surface area (Å²) in [7, 11) is 0. The first kappa shape index (κ1) is 22.1. The Kier molecular flexibility index (Phi) is 4.65. The van der Waals surface area contributed by atoms with Crippen molar-refractivity contribution in [3.63, 3.8) is 0 Å². The lowest BCUT2D eigenvalue weighted by Gasteiger charge is -2.53. The summed E-state index contributed by atoms with van der Waals surface area (Å²) in [5.74, 6) is -0.0393. The topological polar surface area (TPSA) is 72.8 Å².